The zero-order valence-corrected chi connectivity index (χ0v) is 16.0. The maximum Gasteiger partial charge on any atom is 0.0459 e. The van der Waals surface area contributed by atoms with E-state index in [1.807, 2.05) is 0 Å². The largest absolute Gasteiger partial charge is 0.323 e. The van der Waals surface area contributed by atoms with Gasteiger partial charge in [-0.05, 0) is 79.6 Å². The van der Waals surface area contributed by atoms with Crippen molar-refractivity contribution in [3.63, 3.8) is 0 Å². The van der Waals surface area contributed by atoms with Crippen molar-refractivity contribution in [3.05, 3.63) is 100 Å². The van der Waals surface area contributed by atoms with Crippen LogP contribution >= 0.6 is 0 Å². The van der Waals surface area contributed by atoms with Crippen LogP contribution in [0.2, 0.25) is 0 Å². The molecule has 0 aliphatic heterocycles. The molecule has 130 valence electrons. The fourth-order valence-corrected chi connectivity index (χ4v) is 3.54. The quantitative estimate of drug-likeness (QED) is 0.405. The molecule has 0 bridgehead atoms. The first-order valence-electron chi connectivity index (χ1n) is 9.24. The summed E-state index contributed by atoms with van der Waals surface area (Å²) in [7, 11) is 0. The van der Waals surface area contributed by atoms with E-state index in [4.69, 9.17) is 0 Å². The Kier molecular flexibility index (Phi) is 4.16. The first-order chi connectivity index (χ1) is 12.5. The van der Waals surface area contributed by atoms with Gasteiger partial charge in [-0.2, -0.15) is 0 Å². The van der Waals surface area contributed by atoms with E-state index in [1.54, 1.807) is 0 Å². The van der Waals surface area contributed by atoms with Crippen LogP contribution in [0.3, 0.4) is 0 Å². The van der Waals surface area contributed by atoms with E-state index in [0.29, 0.717) is 0 Å². The van der Waals surface area contributed by atoms with Crippen molar-refractivity contribution in [2.45, 2.75) is 34.1 Å². The molecule has 0 amide bonds. The average Bonchev–Trinajstić information content (AvgIpc) is 3.02. The number of aryl methyl sites for hydroxylation is 4. The maximum absolute atomic E-state index is 2.34. The Hall–Kier alpha value is -2.80. The highest BCUT2D eigenvalue weighted by atomic mass is 14.9. The molecule has 0 aliphatic rings. The van der Waals surface area contributed by atoms with Crippen LogP contribution in [0.15, 0.2) is 67.0 Å². The highest BCUT2D eigenvalue weighted by molar-refractivity contribution is 5.71. The molecule has 1 heteroatoms. The minimum atomic E-state index is 0.981. The van der Waals surface area contributed by atoms with Crippen LogP contribution in [0.25, 0.3) is 16.6 Å². The van der Waals surface area contributed by atoms with Gasteiger partial charge in [-0.25, -0.2) is 0 Å². The number of aromatic nitrogens is 1. The predicted molar refractivity (Wildman–Crippen MR) is 111 cm³/mol. The normalized spacial score (nSPS) is 11.2. The molecule has 26 heavy (non-hydrogen) atoms. The van der Waals surface area contributed by atoms with Crippen LogP contribution in [-0.2, 0) is 6.42 Å². The van der Waals surface area contributed by atoms with Gasteiger partial charge < -0.3 is 4.40 Å². The summed E-state index contributed by atoms with van der Waals surface area (Å²) in [6, 6.07) is 20.2. The minimum Gasteiger partial charge on any atom is -0.323 e. The zero-order valence-electron chi connectivity index (χ0n) is 16.0. The number of fused-ring (bicyclic) bond motifs is 1. The van der Waals surface area contributed by atoms with E-state index in [-0.39, 0.29) is 0 Å². The van der Waals surface area contributed by atoms with E-state index >= 15 is 0 Å². The van der Waals surface area contributed by atoms with Crippen molar-refractivity contribution in [2.24, 2.45) is 0 Å². The van der Waals surface area contributed by atoms with Gasteiger partial charge in [-0.3, -0.25) is 0 Å². The van der Waals surface area contributed by atoms with Gasteiger partial charge in [0, 0.05) is 23.5 Å². The molecule has 0 unspecified atom stereocenters. The molecule has 0 atom stereocenters. The van der Waals surface area contributed by atoms with Gasteiger partial charge in [-0.15, -0.1) is 0 Å². The van der Waals surface area contributed by atoms with Gasteiger partial charge in [0.25, 0.3) is 0 Å². The second-order valence-electron chi connectivity index (χ2n) is 7.50. The molecule has 0 fully saturated rings. The van der Waals surface area contributed by atoms with Crippen LogP contribution in [0.1, 0.15) is 33.4 Å². The molecule has 0 N–H and O–H groups in total. The van der Waals surface area contributed by atoms with Crippen LogP contribution < -0.4 is 0 Å². The molecule has 2 aromatic heterocycles. The first kappa shape index (κ1) is 16.7. The Morgan fingerprint density at radius 2 is 1.42 bits per heavy atom. The predicted octanol–water partition coefficient (Wildman–Crippen LogP) is 6.43. The zero-order chi connectivity index (χ0) is 18.3. The number of hydrogen-bond donors (Lipinski definition) is 0. The van der Waals surface area contributed by atoms with Gasteiger partial charge >= 0.3 is 0 Å². The molecule has 0 aliphatic carbocycles. The molecular formula is C25H25N. The second-order valence-corrected chi connectivity index (χ2v) is 7.50. The van der Waals surface area contributed by atoms with E-state index in [1.165, 1.54) is 50.0 Å². The fraction of sp³-hybridized carbons (Fsp3) is 0.200. The number of pyridine rings is 1. The maximum atomic E-state index is 2.34. The topological polar surface area (TPSA) is 4.41 Å². The summed E-state index contributed by atoms with van der Waals surface area (Å²) < 4.78 is 2.24. The number of benzene rings is 2. The molecule has 0 radical (unpaired) electrons. The van der Waals surface area contributed by atoms with Crippen molar-refractivity contribution < 1.29 is 0 Å². The van der Waals surface area contributed by atoms with E-state index in [9.17, 15) is 0 Å². The fourth-order valence-electron chi connectivity index (χ4n) is 3.54. The molecule has 4 aromatic rings. The summed E-state index contributed by atoms with van der Waals surface area (Å²) in [6.07, 6.45) is 5.46. The molecule has 0 spiro atoms. The summed E-state index contributed by atoms with van der Waals surface area (Å²) >= 11 is 0. The third kappa shape index (κ3) is 3.17. The minimum absolute atomic E-state index is 0.981. The third-order valence-corrected chi connectivity index (χ3v) is 5.39. The van der Waals surface area contributed by atoms with Crippen LogP contribution in [0.5, 0.6) is 0 Å². The average molecular weight is 339 g/mol. The number of hydrogen-bond acceptors (Lipinski definition) is 0. The Morgan fingerprint density at radius 3 is 2.15 bits per heavy atom. The van der Waals surface area contributed by atoms with Crippen molar-refractivity contribution in [2.75, 3.05) is 0 Å². The number of rotatable bonds is 3. The van der Waals surface area contributed by atoms with E-state index in [2.05, 4.69) is 99.1 Å². The van der Waals surface area contributed by atoms with Gasteiger partial charge in [0.15, 0.2) is 0 Å². The van der Waals surface area contributed by atoms with E-state index in [0.717, 1.165) is 6.42 Å². The molecule has 2 aromatic carbocycles. The molecule has 0 saturated carbocycles. The van der Waals surface area contributed by atoms with Crippen molar-refractivity contribution in [3.8, 4) is 11.1 Å². The second kappa shape index (κ2) is 6.49. The number of nitrogens with zero attached hydrogens (tertiary/aromatic N) is 1. The van der Waals surface area contributed by atoms with E-state index < -0.39 is 0 Å². The lowest BCUT2D eigenvalue weighted by atomic mass is 9.98. The van der Waals surface area contributed by atoms with Crippen LogP contribution in [0, 0.1) is 27.7 Å². The molecule has 1 nitrogen and oxygen atoms in total. The Morgan fingerprint density at radius 1 is 0.654 bits per heavy atom. The molecule has 0 saturated heterocycles. The summed E-state index contributed by atoms with van der Waals surface area (Å²) in [5.41, 5.74) is 11.9. The Labute approximate surface area is 155 Å². The van der Waals surface area contributed by atoms with Crippen molar-refractivity contribution in [1.29, 1.82) is 0 Å². The lowest BCUT2D eigenvalue weighted by Crippen LogP contribution is -1.96. The van der Waals surface area contributed by atoms with Gasteiger partial charge in [0.1, 0.15) is 0 Å². The molecule has 4 rings (SSSR count). The highest BCUT2D eigenvalue weighted by Crippen LogP contribution is 2.26. The Bertz CT molecular complexity index is 1080. The van der Waals surface area contributed by atoms with Gasteiger partial charge in [-0.1, -0.05) is 48.0 Å². The summed E-state index contributed by atoms with van der Waals surface area (Å²) in [6.45, 7) is 8.70. The summed E-state index contributed by atoms with van der Waals surface area (Å²) in [5.74, 6) is 0. The summed E-state index contributed by atoms with van der Waals surface area (Å²) in [4.78, 5) is 0. The molecule has 2 heterocycles. The van der Waals surface area contributed by atoms with Gasteiger partial charge in [0.2, 0.25) is 0 Å². The van der Waals surface area contributed by atoms with Crippen LogP contribution in [0.4, 0.5) is 0 Å². The van der Waals surface area contributed by atoms with Crippen molar-refractivity contribution in [1.82, 2.24) is 4.40 Å². The first-order valence-corrected chi connectivity index (χ1v) is 9.24. The highest BCUT2D eigenvalue weighted by Gasteiger charge is 2.07. The SMILES string of the molecule is Cc1ccc(-c2cc3cc(Cc4ccc(C)c(C)c4)c(C)cn3c2)cc1. The lowest BCUT2D eigenvalue weighted by Gasteiger charge is -2.09. The standard InChI is InChI=1S/C25H25N/c1-17-5-9-22(10-6-17)24-14-25-13-23(20(4)15-26(25)16-24)12-21-8-7-18(2)19(3)11-21/h5-11,13-16H,12H2,1-4H3. The van der Waals surface area contributed by atoms with Crippen LogP contribution in [-0.4, -0.2) is 4.40 Å². The van der Waals surface area contributed by atoms with Gasteiger partial charge in [0.05, 0.1) is 0 Å². The smallest absolute Gasteiger partial charge is 0.0459 e. The molecular weight excluding hydrogens is 314 g/mol. The third-order valence-electron chi connectivity index (χ3n) is 5.39. The monoisotopic (exact) mass is 339 g/mol. The lowest BCUT2D eigenvalue weighted by molar-refractivity contribution is 1.09. The Balaban J connectivity index is 1.71. The summed E-state index contributed by atoms with van der Waals surface area (Å²) in [5, 5.41) is 0. The van der Waals surface area contributed by atoms with Crippen molar-refractivity contribution >= 4 is 5.52 Å².